The lowest BCUT2D eigenvalue weighted by atomic mass is 10.1. The van der Waals surface area contributed by atoms with Gasteiger partial charge in [0.25, 0.3) is 0 Å². The van der Waals surface area contributed by atoms with Crippen molar-refractivity contribution in [2.24, 2.45) is 0 Å². The molecule has 3 rings (SSSR count). The molecule has 1 aliphatic heterocycles. The maximum absolute atomic E-state index is 12.7. The second-order valence-corrected chi connectivity index (χ2v) is 8.30. The van der Waals surface area contributed by atoms with E-state index in [1.54, 1.807) is 22.8 Å². The van der Waals surface area contributed by atoms with E-state index in [9.17, 15) is 9.59 Å². The molecule has 132 valence electrons. The summed E-state index contributed by atoms with van der Waals surface area (Å²) in [6.07, 6.45) is 3.61. The number of carbonyl (C=O) groups excluding carboxylic acids is 2. The van der Waals surface area contributed by atoms with Crippen LogP contribution < -0.4 is 5.32 Å². The van der Waals surface area contributed by atoms with E-state index in [0.717, 1.165) is 11.3 Å². The fourth-order valence-corrected chi connectivity index (χ4v) is 3.70. The lowest BCUT2D eigenvalue weighted by Crippen LogP contribution is -2.57. The third-order valence-electron chi connectivity index (χ3n) is 4.24. The van der Waals surface area contributed by atoms with Crippen molar-refractivity contribution in [2.45, 2.75) is 31.2 Å². The van der Waals surface area contributed by atoms with E-state index in [4.69, 9.17) is 0 Å². The minimum Gasteiger partial charge on any atom is -0.342 e. The van der Waals surface area contributed by atoms with Crippen LogP contribution in [0, 0.1) is 0 Å². The normalized spacial score (nSPS) is 19.3. The molecule has 1 N–H and O–H groups in total. The van der Waals surface area contributed by atoms with Crippen molar-refractivity contribution in [3.8, 4) is 5.69 Å². The predicted molar refractivity (Wildman–Crippen MR) is 98.5 cm³/mol. The first-order chi connectivity index (χ1) is 11.9. The fourth-order valence-electron chi connectivity index (χ4n) is 2.70. The Hall–Kier alpha value is -2.28. The average Bonchev–Trinajstić information content (AvgIpc) is 3.11. The van der Waals surface area contributed by atoms with E-state index >= 15 is 0 Å². The highest BCUT2D eigenvalue weighted by Crippen LogP contribution is 2.29. The highest BCUT2D eigenvalue weighted by Gasteiger charge is 2.38. The van der Waals surface area contributed by atoms with Gasteiger partial charge in [0.15, 0.2) is 0 Å². The van der Waals surface area contributed by atoms with Crippen LogP contribution in [0.4, 0.5) is 0 Å². The van der Waals surface area contributed by atoms with Gasteiger partial charge in [-0.2, -0.15) is 5.10 Å². The second-order valence-electron chi connectivity index (χ2n) is 6.66. The van der Waals surface area contributed by atoms with Crippen molar-refractivity contribution in [1.29, 1.82) is 0 Å². The number of nitrogens with one attached hydrogen (secondary N) is 1. The van der Waals surface area contributed by atoms with Gasteiger partial charge in [0.1, 0.15) is 6.04 Å². The molecule has 1 aromatic heterocycles. The van der Waals surface area contributed by atoms with Crippen LogP contribution in [0.1, 0.15) is 19.4 Å². The molecular formula is C18H22N4O2S. The van der Waals surface area contributed by atoms with Crippen molar-refractivity contribution >= 4 is 23.6 Å². The van der Waals surface area contributed by atoms with Crippen molar-refractivity contribution in [1.82, 2.24) is 20.0 Å². The van der Waals surface area contributed by atoms with Gasteiger partial charge in [0.05, 0.1) is 10.4 Å². The minimum atomic E-state index is -0.479. The highest BCUT2D eigenvalue weighted by molar-refractivity contribution is 8.01. The number of aromatic nitrogens is 2. The largest absolute Gasteiger partial charge is 0.342 e. The smallest absolute Gasteiger partial charge is 0.246 e. The van der Waals surface area contributed by atoms with Crippen molar-refractivity contribution in [3.63, 3.8) is 0 Å². The van der Waals surface area contributed by atoms with Crippen LogP contribution in [0.3, 0.4) is 0 Å². The van der Waals surface area contributed by atoms with Crippen LogP contribution in [0.15, 0.2) is 42.7 Å². The molecule has 0 radical (unpaired) electrons. The van der Waals surface area contributed by atoms with Gasteiger partial charge < -0.3 is 10.2 Å². The monoisotopic (exact) mass is 358 g/mol. The quantitative estimate of drug-likeness (QED) is 0.906. The van der Waals surface area contributed by atoms with E-state index in [1.165, 1.54) is 11.8 Å². The first-order valence-corrected chi connectivity index (χ1v) is 9.14. The zero-order chi connectivity index (χ0) is 18.0. The Morgan fingerprint density at radius 2 is 2.24 bits per heavy atom. The van der Waals surface area contributed by atoms with Crippen LogP contribution in [0.5, 0.6) is 0 Å². The summed E-state index contributed by atoms with van der Waals surface area (Å²) in [5.41, 5.74) is 1.96. The Labute approximate surface area is 151 Å². The van der Waals surface area contributed by atoms with Crippen molar-refractivity contribution in [3.05, 3.63) is 48.3 Å². The van der Waals surface area contributed by atoms with Gasteiger partial charge in [-0.05, 0) is 37.6 Å². The molecule has 1 aromatic carbocycles. The first kappa shape index (κ1) is 17.5. The number of rotatable bonds is 4. The molecule has 0 spiro atoms. The van der Waals surface area contributed by atoms with E-state index in [-0.39, 0.29) is 11.8 Å². The molecule has 0 bridgehead atoms. The average molecular weight is 358 g/mol. The number of likely N-dealkylation sites (N-methyl/N-ethyl adjacent to an activating group) is 1. The molecule has 2 aromatic rings. The molecule has 1 saturated heterocycles. The minimum absolute atomic E-state index is 0.0687. The highest BCUT2D eigenvalue weighted by atomic mass is 32.2. The topological polar surface area (TPSA) is 67.2 Å². The van der Waals surface area contributed by atoms with Crippen LogP contribution in [0.25, 0.3) is 5.69 Å². The van der Waals surface area contributed by atoms with E-state index in [1.807, 2.05) is 50.4 Å². The fraction of sp³-hybridized carbons (Fsp3) is 0.389. The van der Waals surface area contributed by atoms with E-state index in [0.29, 0.717) is 12.3 Å². The molecule has 2 heterocycles. The number of benzene rings is 1. The van der Waals surface area contributed by atoms with Gasteiger partial charge >= 0.3 is 0 Å². The summed E-state index contributed by atoms with van der Waals surface area (Å²) >= 11 is 1.52. The number of hydrogen-bond donors (Lipinski definition) is 1. The molecule has 1 unspecified atom stereocenters. The maximum Gasteiger partial charge on any atom is 0.246 e. The van der Waals surface area contributed by atoms with Crippen LogP contribution >= 0.6 is 11.8 Å². The molecular weight excluding hydrogens is 336 g/mol. The predicted octanol–water partition coefficient (Wildman–Crippen LogP) is 1.84. The van der Waals surface area contributed by atoms with Crippen LogP contribution in [-0.2, 0) is 16.1 Å². The molecule has 0 saturated carbocycles. The third kappa shape index (κ3) is 3.87. The van der Waals surface area contributed by atoms with Crippen molar-refractivity contribution in [2.75, 3.05) is 12.8 Å². The number of hydrogen-bond acceptors (Lipinski definition) is 4. The van der Waals surface area contributed by atoms with Gasteiger partial charge in [-0.25, -0.2) is 4.68 Å². The number of thioether (sulfide) groups is 1. The summed E-state index contributed by atoms with van der Waals surface area (Å²) in [6.45, 7) is 4.23. The summed E-state index contributed by atoms with van der Waals surface area (Å²) in [5, 5.41) is 7.06. The number of carbonyl (C=O) groups is 2. The molecule has 1 atom stereocenters. The summed E-state index contributed by atoms with van der Waals surface area (Å²) in [4.78, 5) is 26.4. The Morgan fingerprint density at radius 1 is 1.44 bits per heavy atom. The second kappa shape index (κ2) is 6.92. The van der Waals surface area contributed by atoms with Crippen molar-refractivity contribution < 1.29 is 9.59 Å². The molecule has 7 heteroatoms. The van der Waals surface area contributed by atoms with Gasteiger partial charge in [-0.15, -0.1) is 11.8 Å². The van der Waals surface area contributed by atoms with Gasteiger partial charge in [-0.1, -0.05) is 12.1 Å². The first-order valence-electron chi connectivity index (χ1n) is 8.16. The third-order valence-corrected chi connectivity index (χ3v) is 5.64. The lowest BCUT2D eigenvalue weighted by Gasteiger charge is -2.34. The summed E-state index contributed by atoms with van der Waals surface area (Å²) in [5.74, 6) is 0.437. The molecule has 2 amide bonds. The molecule has 0 aliphatic carbocycles. The summed E-state index contributed by atoms with van der Waals surface area (Å²) < 4.78 is 1.30. The Morgan fingerprint density at radius 3 is 2.92 bits per heavy atom. The van der Waals surface area contributed by atoms with Gasteiger partial charge in [-0.3, -0.25) is 9.59 Å². The zero-order valence-electron chi connectivity index (χ0n) is 14.6. The molecule has 1 aliphatic rings. The van der Waals surface area contributed by atoms with Crippen LogP contribution in [0.2, 0.25) is 0 Å². The number of nitrogens with zero attached hydrogens (tertiary/aromatic N) is 3. The van der Waals surface area contributed by atoms with Crippen LogP contribution in [-0.4, -0.2) is 50.1 Å². The standard InChI is InChI=1S/C18H22N4O2S/c1-18(2)17(24)20-15(12-25-18)16(23)21(3)11-13-6-4-7-14(10-13)22-9-5-8-19-22/h4-10,15H,11-12H2,1-3H3,(H,20,24). The Balaban J connectivity index is 1.66. The lowest BCUT2D eigenvalue weighted by molar-refractivity contribution is -0.136. The SMILES string of the molecule is CN(Cc1cccc(-n2cccn2)c1)C(=O)C1CSC(C)(C)C(=O)N1. The van der Waals surface area contributed by atoms with E-state index < -0.39 is 10.8 Å². The Kier molecular flexibility index (Phi) is 4.85. The Bertz CT molecular complexity index is 773. The van der Waals surface area contributed by atoms with Gasteiger partial charge in [0.2, 0.25) is 11.8 Å². The zero-order valence-corrected chi connectivity index (χ0v) is 15.4. The summed E-state index contributed by atoms with van der Waals surface area (Å²) in [7, 11) is 1.76. The molecule has 6 nitrogen and oxygen atoms in total. The molecule has 1 fully saturated rings. The van der Waals surface area contributed by atoms with E-state index in [2.05, 4.69) is 10.4 Å². The number of amides is 2. The van der Waals surface area contributed by atoms with Gasteiger partial charge in [0, 0.05) is 31.7 Å². The summed E-state index contributed by atoms with van der Waals surface area (Å²) in [6, 6.07) is 9.31. The molecule has 25 heavy (non-hydrogen) atoms. The maximum atomic E-state index is 12.7.